The fraction of sp³-hybridized carbons (Fsp3) is 0.469. The van der Waals surface area contributed by atoms with Crippen molar-refractivity contribution in [2.24, 2.45) is 5.92 Å². The van der Waals surface area contributed by atoms with Gasteiger partial charge in [0.2, 0.25) is 0 Å². The molecule has 0 nitrogen and oxygen atoms in total. The summed E-state index contributed by atoms with van der Waals surface area (Å²) in [5.41, 5.74) is 16.1. The molecule has 0 N–H and O–H groups in total. The molecule has 1 fully saturated rings. The van der Waals surface area contributed by atoms with Gasteiger partial charge in [-0.2, -0.15) is 0 Å². The molecule has 2 aromatic carbocycles. The number of aryl methyl sites for hydroxylation is 2. The predicted molar refractivity (Wildman–Crippen MR) is 147 cm³/mol. The standard InChI is InChI=1S/2C13H15.C6H10Si.Hf/c2*1-3-10-8-12-7-5-6-11(4-2)13(12)9-10;7-5-6-3-1-2-4-6;/h2*5-9H,3-4H2,1-2H3;5-6H,1-4H2;. The van der Waals surface area contributed by atoms with Crippen molar-refractivity contribution >= 4 is 23.7 Å². The van der Waals surface area contributed by atoms with Gasteiger partial charge in [-0.15, -0.1) is 0 Å². The Hall–Kier alpha value is -1.12. The van der Waals surface area contributed by atoms with Gasteiger partial charge in [-0.25, -0.2) is 0 Å². The second-order valence-electron chi connectivity index (χ2n) is 10.4. The summed E-state index contributed by atoms with van der Waals surface area (Å²) < 4.78 is 1.53. The van der Waals surface area contributed by atoms with Crippen LogP contribution in [0.2, 0.25) is 0 Å². The molecule has 0 spiro atoms. The van der Waals surface area contributed by atoms with Crippen LogP contribution in [0.15, 0.2) is 47.5 Å². The van der Waals surface area contributed by atoms with Gasteiger partial charge in [-0.3, -0.25) is 0 Å². The van der Waals surface area contributed by atoms with E-state index >= 15 is 0 Å². The molecule has 0 saturated heterocycles. The van der Waals surface area contributed by atoms with Crippen molar-refractivity contribution in [1.82, 2.24) is 0 Å². The molecule has 0 aliphatic heterocycles. The number of hydrogen-bond acceptors (Lipinski definition) is 0. The minimum atomic E-state index is -2.25. The third-order valence-corrected chi connectivity index (χ3v) is 29.0. The maximum atomic E-state index is 2.87. The maximum absolute atomic E-state index is 2.87. The molecule has 1 saturated carbocycles. The van der Waals surface area contributed by atoms with Crippen LogP contribution in [0.5, 0.6) is 0 Å². The Balaban J connectivity index is 1.72. The van der Waals surface area contributed by atoms with E-state index in [1.54, 1.807) is 44.5 Å². The quantitative estimate of drug-likeness (QED) is 0.269. The SMILES string of the molecule is CCC1=Cc2c(CC)cccc2[CH]1[Hf](=[Si]=CC1CCCC1)[CH]1C(CC)=Cc2c(CC)cccc21. The van der Waals surface area contributed by atoms with E-state index in [2.05, 4.69) is 81.9 Å². The van der Waals surface area contributed by atoms with Crippen LogP contribution in [-0.2, 0) is 32.9 Å². The summed E-state index contributed by atoms with van der Waals surface area (Å²) in [7, 11) is 0. The number of rotatable bonds is 7. The van der Waals surface area contributed by atoms with Gasteiger partial charge in [0, 0.05) is 0 Å². The van der Waals surface area contributed by atoms with Gasteiger partial charge in [0.1, 0.15) is 0 Å². The average Bonchev–Trinajstić information content (AvgIpc) is 3.61. The summed E-state index contributed by atoms with van der Waals surface area (Å²) in [6, 6.07) is 14.5. The molecule has 3 aliphatic carbocycles. The van der Waals surface area contributed by atoms with Gasteiger partial charge in [-0.05, 0) is 0 Å². The van der Waals surface area contributed by atoms with Crippen LogP contribution in [-0.4, -0.2) is 11.5 Å². The van der Waals surface area contributed by atoms with E-state index in [9.17, 15) is 0 Å². The number of fused-ring (bicyclic) bond motifs is 2. The summed E-state index contributed by atoms with van der Waals surface area (Å²) in [6.07, 6.45) is 15.8. The zero-order valence-electron chi connectivity index (χ0n) is 21.6. The van der Waals surface area contributed by atoms with E-state index in [0.717, 1.165) is 31.9 Å². The van der Waals surface area contributed by atoms with Crippen molar-refractivity contribution < 1.29 is 20.1 Å². The van der Waals surface area contributed by atoms with E-state index < -0.39 is 20.1 Å². The number of benzene rings is 2. The third kappa shape index (κ3) is 4.43. The molecule has 2 atom stereocenters. The summed E-state index contributed by atoms with van der Waals surface area (Å²) >= 11 is -2.25. The minimum absolute atomic E-state index is 0.767. The summed E-state index contributed by atoms with van der Waals surface area (Å²) in [5, 5.41) is 0. The fourth-order valence-electron chi connectivity index (χ4n) is 6.69. The van der Waals surface area contributed by atoms with Crippen LogP contribution in [0.1, 0.15) is 107 Å². The Morgan fingerprint density at radius 2 is 1.24 bits per heavy atom. The molecule has 3 aliphatic rings. The van der Waals surface area contributed by atoms with Crippen molar-refractivity contribution in [2.45, 2.75) is 86.4 Å². The molecule has 0 aromatic heterocycles. The van der Waals surface area contributed by atoms with Crippen LogP contribution >= 0.6 is 0 Å². The van der Waals surface area contributed by atoms with Gasteiger partial charge in [0.05, 0.1) is 0 Å². The van der Waals surface area contributed by atoms with Crippen LogP contribution in [0.25, 0.3) is 12.2 Å². The first-order valence-corrected chi connectivity index (χ1v) is 24.4. The van der Waals surface area contributed by atoms with Gasteiger partial charge >= 0.3 is 217 Å². The molecule has 34 heavy (non-hydrogen) atoms. The first kappa shape index (κ1) is 24.6. The van der Waals surface area contributed by atoms with Gasteiger partial charge < -0.3 is 0 Å². The topological polar surface area (TPSA) is 0 Å². The van der Waals surface area contributed by atoms with Crippen molar-refractivity contribution in [3.8, 4) is 0 Å². The Morgan fingerprint density at radius 3 is 1.68 bits per heavy atom. The predicted octanol–water partition coefficient (Wildman–Crippen LogP) is 8.44. The Morgan fingerprint density at radius 1 is 0.735 bits per heavy atom. The van der Waals surface area contributed by atoms with E-state index in [1.165, 1.54) is 38.5 Å². The Labute approximate surface area is 215 Å². The molecule has 0 bridgehead atoms. The van der Waals surface area contributed by atoms with Crippen molar-refractivity contribution in [3.05, 3.63) is 80.9 Å². The molecule has 0 amide bonds. The molecule has 0 heterocycles. The summed E-state index contributed by atoms with van der Waals surface area (Å²) in [5.74, 6) is 2.02. The first-order chi connectivity index (χ1) is 16.7. The summed E-state index contributed by atoms with van der Waals surface area (Å²) in [4.78, 5) is 0. The molecule has 0 radical (unpaired) electrons. The Kier molecular flexibility index (Phi) is 7.85. The average molecular weight is 631 g/mol. The molecular formula is C32H40HfSi. The van der Waals surface area contributed by atoms with E-state index in [4.69, 9.17) is 0 Å². The van der Waals surface area contributed by atoms with Gasteiger partial charge in [0.15, 0.2) is 0 Å². The zero-order valence-corrected chi connectivity index (χ0v) is 26.2. The molecule has 2 heteroatoms. The first-order valence-electron chi connectivity index (χ1n) is 13.8. The second kappa shape index (κ2) is 10.9. The van der Waals surface area contributed by atoms with Crippen molar-refractivity contribution in [2.75, 3.05) is 0 Å². The fourth-order valence-corrected chi connectivity index (χ4v) is 31.9. The number of hydrogen-bond donors (Lipinski definition) is 0. The van der Waals surface area contributed by atoms with Crippen LogP contribution < -0.4 is 0 Å². The Bertz CT molecular complexity index is 1120. The molecule has 5 rings (SSSR count). The number of allylic oxidation sites excluding steroid dienone is 2. The molecule has 2 aromatic rings. The van der Waals surface area contributed by atoms with Crippen LogP contribution in [0.3, 0.4) is 0 Å². The van der Waals surface area contributed by atoms with E-state index in [0.29, 0.717) is 0 Å². The van der Waals surface area contributed by atoms with Gasteiger partial charge in [-0.1, -0.05) is 0 Å². The monoisotopic (exact) mass is 632 g/mol. The summed E-state index contributed by atoms with van der Waals surface area (Å²) in [6.45, 7) is 9.49. The van der Waals surface area contributed by atoms with Crippen LogP contribution in [0.4, 0.5) is 0 Å². The second-order valence-corrected chi connectivity index (χ2v) is 26.2. The van der Waals surface area contributed by atoms with Crippen molar-refractivity contribution in [3.63, 3.8) is 0 Å². The third-order valence-electron chi connectivity index (χ3n) is 8.57. The molecular weight excluding hydrogens is 591 g/mol. The van der Waals surface area contributed by atoms with Crippen LogP contribution in [0, 0.1) is 5.92 Å². The molecule has 176 valence electrons. The van der Waals surface area contributed by atoms with E-state index in [1.807, 2.05) is 0 Å². The van der Waals surface area contributed by atoms with Gasteiger partial charge in [0.25, 0.3) is 0 Å². The zero-order chi connectivity index (χ0) is 23.7. The van der Waals surface area contributed by atoms with E-state index in [-0.39, 0.29) is 0 Å². The van der Waals surface area contributed by atoms with Crippen molar-refractivity contribution in [1.29, 1.82) is 0 Å². The normalized spacial score (nSPS) is 21.1. The molecule has 2 unspecified atom stereocenters.